The van der Waals surface area contributed by atoms with Crippen molar-refractivity contribution in [1.29, 1.82) is 0 Å². The third-order valence-corrected chi connectivity index (χ3v) is 7.08. The van der Waals surface area contributed by atoms with Crippen LogP contribution in [0.4, 0.5) is 0 Å². The van der Waals surface area contributed by atoms with E-state index < -0.39 is 5.41 Å². The summed E-state index contributed by atoms with van der Waals surface area (Å²) in [5, 5.41) is 0. The van der Waals surface area contributed by atoms with Crippen LogP contribution in [-0.2, 0) is 14.3 Å². The number of rotatable bonds is 1. The summed E-state index contributed by atoms with van der Waals surface area (Å²) in [6, 6.07) is 0. The van der Waals surface area contributed by atoms with Gasteiger partial charge in [-0.3, -0.25) is 9.59 Å². The monoisotopic (exact) mass is 312 g/mol. The molecule has 23 heavy (non-hydrogen) atoms. The summed E-state index contributed by atoms with van der Waals surface area (Å²) in [7, 11) is 0. The van der Waals surface area contributed by atoms with Gasteiger partial charge in [0.25, 0.3) is 0 Å². The molecule has 0 bridgehead atoms. The van der Waals surface area contributed by atoms with Crippen molar-refractivity contribution < 1.29 is 14.3 Å². The summed E-state index contributed by atoms with van der Waals surface area (Å²) in [5.41, 5.74) is 0.283. The summed E-state index contributed by atoms with van der Waals surface area (Å²) in [6.07, 6.45) is 10.8. The van der Waals surface area contributed by atoms with E-state index in [4.69, 9.17) is 4.74 Å². The molecule has 0 amide bonds. The molecule has 4 aliphatic rings. The third kappa shape index (κ3) is 1.66. The predicted molar refractivity (Wildman–Crippen MR) is 87.5 cm³/mol. The summed E-state index contributed by atoms with van der Waals surface area (Å²) in [6.45, 7) is 10.2. The lowest BCUT2D eigenvalue weighted by molar-refractivity contribution is -0.151. The molecule has 6 atom stereocenters. The van der Waals surface area contributed by atoms with Gasteiger partial charge >= 0.3 is 5.97 Å². The number of ether oxygens (including phenoxy) is 1. The minimum atomic E-state index is -1.02. The molecule has 3 heteroatoms. The maximum atomic E-state index is 12.5. The van der Waals surface area contributed by atoms with E-state index in [0.29, 0.717) is 5.92 Å². The molecule has 1 saturated heterocycles. The molecule has 0 spiro atoms. The Morgan fingerprint density at radius 3 is 2.74 bits per heavy atom. The van der Waals surface area contributed by atoms with Gasteiger partial charge in [0.1, 0.15) is 11.5 Å². The first-order valence-electron chi connectivity index (χ1n) is 8.53. The zero-order valence-electron chi connectivity index (χ0n) is 14.1. The second kappa shape index (κ2) is 4.25. The van der Waals surface area contributed by atoms with E-state index >= 15 is 0 Å². The topological polar surface area (TPSA) is 43.4 Å². The molecule has 3 aliphatic carbocycles. The lowest BCUT2D eigenvalue weighted by Crippen LogP contribution is -2.54. The number of esters is 1. The largest absolute Gasteiger partial charge is 0.457 e. The summed E-state index contributed by atoms with van der Waals surface area (Å²) < 4.78 is 5.67. The number of fused-ring (bicyclic) bond motifs is 2. The fraction of sp³-hybridized carbons (Fsp3) is 0.600. The van der Waals surface area contributed by atoms with Crippen molar-refractivity contribution in [3.63, 3.8) is 0 Å². The second-order valence-electron chi connectivity index (χ2n) is 8.48. The van der Waals surface area contributed by atoms with Crippen LogP contribution in [0, 0.1) is 28.1 Å². The molecule has 0 aromatic heterocycles. The lowest BCUT2D eigenvalue weighted by Gasteiger charge is -2.54. The first-order chi connectivity index (χ1) is 10.7. The Bertz CT molecular complexity index is 687. The highest BCUT2D eigenvalue weighted by Gasteiger charge is 2.68. The van der Waals surface area contributed by atoms with Gasteiger partial charge in [-0.25, -0.2) is 0 Å². The van der Waals surface area contributed by atoms with Crippen molar-refractivity contribution in [2.45, 2.75) is 46.1 Å². The first-order valence-corrected chi connectivity index (χ1v) is 8.53. The number of carbonyl (C=O) groups excluding carboxylic acids is 2. The molecule has 0 radical (unpaired) electrons. The highest BCUT2D eigenvalue weighted by Crippen LogP contribution is 2.63. The SMILES string of the molecule is C=CC1(C)CCC2C(=CC3OC(=O)C4(C)C(=O)C=CC2(C)C34)C1. The summed E-state index contributed by atoms with van der Waals surface area (Å²) >= 11 is 0. The molecule has 1 heterocycles. The van der Waals surface area contributed by atoms with Gasteiger partial charge in [-0.2, -0.15) is 0 Å². The van der Waals surface area contributed by atoms with Gasteiger partial charge in [-0.15, -0.1) is 6.58 Å². The molecular formula is C20H24O3. The minimum Gasteiger partial charge on any atom is -0.457 e. The van der Waals surface area contributed by atoms with Crippen molar-refractivity contribution in [3.8, 4) is 0 Å². The molecule has 3 nitrogen and oxygen atoms in total. The van der Waals surface area contributed by atoms with Gasteiger partial charge in [-0.1, -0.05) is 31.6 Å². The molecule has 2 fully saturated rings. The molecule has 4 rings (SSSR count). The number of hydrogen-bond donors (Lipinski definition) is 0. The van der Waals surface area contributed by atoms with Crippen molar-refractivity contribution in [3.05, 3.63) is 36.5 Å². The maximum Gasteiger partial charge on any atom is 0.320 e. The van der Waals surface area contributed by atoms with Crippen LogP contribution in [0.2, 0.25) is 0 Å². The Balaban J connectivity index is 1.86. The van der Waals surface area contributed by atoms with Crippen molar-refractivity contribution >= 4 is 11.8 Å². The maximum absolute atomic E-state index is 12.5. The third-order valence-electron chi connectivity index (χ3n) is 7.08. The highest BCUT2D eigenvalue weighted by atomic mass is 16.6. The van der Waals surface area contributed by atoms with E-state index in [9.17, 15) is 9.59 Å². The lowest BCUT2D eigenvalue weighted by atomic mass is 9.47. The van der Waals surface area contributed by atoms with Gasteiger partial charge in [0.15, 0.2) is 5.78 Å². The Labute approximate surface area is 137 Å². The van der Waals surface area contributed by atoms with E-state index in [1.807, 2.05) is 0 Å². The van der Waals surface area contributed by atoms with Crippen LogP contribution >= 0.6 is 0 Å². The number of carbonyl (C=O) groups is 2. The van der Waals surface area contributed by atoms with Crippen LogP contribution in [0.25, 0.3) is 0 Å². The number of allylic oxidation sites excluding steroid dienone is 4. The van der Waals surface area contributed by atoms with E-state index in [1.165, 1.54) is 5.57 Å². The van der Waals surface area contributed by atoms with E-state index in [0.717, 1.165) is 19.3 Å². The van der Waals surface area contributed by atoms with Crippen LogP contribution in [0.15, 0.2) is 36.5 Å². The Morgan fingerprint density at radius 2 is 2.04 bits per heavy atom. The predicted octanol–water partition coefficient (Wildman–Crippen LogP) is 3.61. The molecule has 6 unspecified atom stereocenters. The van der Waals surface area contributed by atoms with Gasteiger partial charge in [-0.05, 0) is 49.7 Å². The van der Waals surface area contributed by atoms with E-state index in [1.54, 1.807) is 13.0 Å². The van der Waals surface area contributed by atoms with Crippen LogP contribution in [-0.4, -0.2) is 17.9 Å². The molecule has 1 saturated carbocycles. The van der Waals surface area contributed by atoms with Crippen LogP contribution < -0.4 is 0 Å². The Morgan fingerprint density at radius 1 is 1.30 bits per heavy atom. The average molecular weight is 312 g/mol. The van der Waals surface area contributed by atoms with Gasteiger partial charge in [0.05, 0.1) is 0 Å². The minimum absolute atomic E-state index is 0.0816. The molecule has 122 valence electrons. The zero-order chi connectivity index (χ0) is 16.6. The van der Waals surface area contributed by atoms with E-state index in [-0.39, 0.29) is 34.6 Å². The fourth-order valence-corrected chi connectivity index (χ4v) is 5.60. The van der Waals surface area contributed by atoms with Gasteiger partial charge < -0.3 is 4.74 Å². The average Bonchev–Trinajstić information content (AvgIpc) is 2.77. The number of hydrogen-bond acceptors (Lipinski definition) is 3. The first kappa shape index (κ1) is 14.9. The van der Waals surface area contributed by atoms with Crippen molar-refractivity contribution in [2.24, 2.45) is 28.1 Å². The zero-order valence-corrected chi connectivity index (χ0v) is 14.1. The van der Waals surface area contributed by atoms with Gasteiger partial charge in [0, 0.05) is 11.3 Å². The number of ketones is 1. The molecule has 0 N–H and O–H groups in total. The van der Waals surface area contributed by atoms with Crippen LogP contribution in [0.3, 0.4) is 0 Å². The Hall–Kier alpha value is -1.64. The van der Waals surface area contributed by atoms with E-state index in [2.05, 4.69) is 38.7 Å². The normalized spacial score (nSPS) is 50.7. The highest BCUT2D eigenvalue weighted by molar-refractivity contribution is 6.11. The van der Waals surface area contributed by atoms with Gasteiger partial charge in [0.2, 0.25) is 0 Å². The summed E-state index contributed by atoms with van der Waals surface area (Å²) in [5.74, 6) is -0.150. The Kier molecular flexibility index (Phi) is 2.76. The molecule has 0 aromatic rings. The fourth-order valence-electron chi connectivity index (χ4n) is 5.60. The quantitative estimate of drug-likeness (QED) is 0.422. The summed E-state index contributed by atoms with van der Waals surface area (Å²) in [4.78, 5) is 25.0. The standard InChI is InChI=1S/C20H24O3/c1-5-18(2)8-6-13-12(11-18)10-14-16-19(13,3)9-7-15(21)20(16,4)17(22)23-14/h5,7,9-10,13-14,16H,1,6,8,11H2,2-4H3. The van der Waals surface area contributed by atoms with Crippen molar-refractivity contribution in [1.82, 2.24) is 0 Å². The van der Waals surface area contributed by atoms with Crippen LogP contribution in [0.1, 0.15) is 40.0 Å². The molecule has 1 aliphatic heterocycles. The molecule has 0 aromatic carbocycles. The second-order valence-corrected chi connectivity index (χ2v) is 8.48. The smallest absolute Gasteiger partial charge is 0.320 e. The van der Waals surface area contributed by atoms with Crippen LogP contribution in [0.5, 0.6) is 0 Å². The van der Waals surface area contributed by atoms with Crippen molar-refractivity contribution in [2.75, 3.05) is 0 Å². The molecular weight excluding hydrogens is 288 g/mol.